The van der Waals surface area contributed by atoms with Crippen molar-refractivity contribution in [3.8, 4) is 0 Å². The fraction of sp³-hybridized carbons (Fsp3) is 0.364. The average molecular weight is 270 g/mol. The van der Waals surface area contributed by atoms with Crippen LogP contribution in [0.5, 0.6) is 0 Å². The summed E-state index contributed by atoms with van der Waals surface area (Å²) in [6, 6.07) is -0.455. The van der Waals surface area contributed by atoms with E-state index < -0.39 is 20.7 Å². The molecule has 0 aromatic carbocycles. The Morgan fingerprint density at radius 3 is 2.65 bits per heavy atom. The predicted octanol–water partition coefficient (Wildman–Crippen LogP) is 0.979. The van der Waals surface area contributed by atoms with Crippen LogP contribution in [0.4, 0.5) is 0 Å². The highest BCUT2D eigenvalue weighted by atomic mass is 35.7. The number of nitrogens with zero attached hydrogens (tertiary/aromatic N) is 1. The van der Waals surface area contributed by atoms with E-state index in [0.717, 1.165) is 4.31 Å². The van der Waals surface area contributed by atoms with Crippen molar-refractivity contribution < 1.29 is 13.2 Å². The van der Waals surface area contributed by atoms with E-state index in [9.17, 15) is 13.2 Å². The first-order chi connectivity index (χ1) is 7.95. The normalized spacial score (nSPS) is 48.5. The number of hydrogen-bond acceptors (Lipinski definition) is 3. The van der Waals surface area contributed by atoms with Gasteiger partial charge in [-0.3, -0.25) is 4.79 Å². The Kier molecular flexibility index (Phi) is 1.38. The molecule has 4 rings (SSSR count). The molecular formula is C11H8ClNO3S. The molecule has 0 N–H and O–H groups in total. The van der Waals surface area contributed by atoms with E-state index in [1.807, 2.05) is 30.4 Å². The molecular weight excluding hydrogens is 262 g/mol. The Morgan fingerprint density at radius 1 is 1.24 bits per heavy atom. The molecule has 4 atom stereocenters. The molecule has 6 heteroatoms. The molecule has 1 aliphatic heterocycles. The van der Waals surface area contributed by atoms with Crippen molar-refractivity contribution in [1.82, 2.24) is 4.31 Å². The van der Waals surface area contributed by atoms with Crippen LogP contribution in [0, 0.1) is 16.7 Å². The predicted molar refractivity (Wildman–Crippen MR) is 61.2 cm³/mol. The van der Waals surface area contributed by atoms with Gasteiger partial charge in [0.25, 0.3) is 0 Å². The SMILES string of the molecule is O=C1[C@@H]2[C@]34C=CC=C[C@@]23[C@@H](C=C4)N1S(=O)(=O)Cl. The first-order valence-electron chi connectivity index (χ1n) is 5.29. The molecule has 1 spiro atoms. The van der Waals surface area contributed by atoms with Gasteiger partial charge in [0, 0.05) is 21.5 Å². The summed E-state index contributed by atoms with van der Waals surface area (Å²) in [5.41, 5.74) is -0.692. The van der Waals surface area contributed by atoms with Gasteiger partial charge in [-0.1, -0.05) is 36.5 Å². The Hall–Kier alpha value is -1.07. The molecule has 1 amide bonds. The lowest BCUT2D eigenvalue weighted by Crippen LogP contribution is -2.41. The second-order valence-corrected chi connectivity index (χ2v) is 7.28. The van der Waals surface area contributed by atoms with E-state index in [2.05, 4.69) is 0 Å². The second-order valence-electron chi connectivity index (χ2n) is 4.90. The lowest BCUT2D eigenvalue weighted by Gasteiger charge is -2.27. The van der Waals surface area contributed by atoms with E-state index in [4.69, 9.17) is 10.7 Å². The van der Waals surface area contributed by atoms with Gasteiger partial charge in [0.2, 0.25) is 5.91 Å². The van der Waals surface area contributed by atoms with Crippen molar-refractivity contribution in [2.45, 2.75) is 6.04 Å². The molecule has 4 aliphatic rings. The van der Waals surface area contributed by atoms with Gasteiger partial charge in [-0.25, -0.2) is 4.31 Å². The molecule has 4 nitrogen and oxygen atoms in total. The molecule has 1 heterocycles. The smallest absolute Gasteiger partial charge is 0.273 e. The maximum atomic E-state index is 12.2. The third-order valence-electron chi connectivity index (χ3n) is 4.47. The summed E-state index contributed by atoms with van der Waals surface area (Å²) in [7, 11) is 1.34. The minimum absolute atomic E-state index is 0.290. The van der Waals surface area contributed by atoms with Crippen molar-refractivity contribution in [3.63, 3.8) is 0 Å². The molecule has 1 saturated carbocycles. The van der Waals surface area contributed by atoms with E-state index in [1.165, 1.54) is 0 Å². The van der Waals surface area contributed by atoms with Gasteiger partial charge in [0.05, 0.1) is 12.0 Å². The van der Waals surface area contributed by atoms with Gasteiger partial charge in [0.15, 0.2) is 0 Å². The first kappa shape index (κ1) is 9.91. The van der Waals surface area contributed by atoms with E-state index in [1.54, 1.807) is 6.08 Å². The molecule has 1 saturated heterocycles. The van der Waals surface area contributed by atoms with Gasteiger partial charge < -0.3 is 0 Å². The number of allylic oxidation sites excluding steroid dienone is 4. The highest BCUT2D eigenvalue weighted by molar-refractivity contribution is 8.12. The van der Waals surface area contributed by atoms with Crippen LogP contribution in [0.1, 0.15) is 0 Å². The van der Waals surface area contributed by atoms with Gasteiger partial charge in [-0.2, -0.15) is 8.42 Å². The van der Waals surface area contributed by atoms with Crippen LogP contribution < -0.4 is 0 Å². The molecule has 0 aromatic rings. The average Bonchev–Trinajstić information content (AvgIpc) is 2.64. The lowest BCUT2D eigenvalue weighted by molar-refractivity contribution is -0.126. The zero-order chi connectivity index (χ0) is 12.1. The van der Waals surface area contributed by atoms with Gasteiger partial charge in [-0.05, 0) is 0 Å². The highest BCUT2D eigenvalue weighted by Crippen LogP contribution is 2.82. The van der Waals surface area contributed by atoms with Crippen LogP contribution in [0.15, 0.2) is 36.5 Å². The fourth-order valence-corrected chi connectivity index (χ4v) is 5.20. The second kappa shape index (κ2) is 2.37. The zero-order valence-electron chi connectivity index (χ0n) is 8.58. The number of piperidine rings is 1. The number of halogens is 1. The van der Waals surface area contributed by atoms with Crippen molar-refractivity contribution in [1.29, 1.82) is 0 Å². The third kappa shape index (κ3) is 0.770. The standard InChI is InChI=1S/C11H8ClNO3S/c12-17(15,16)13-7-3-6-10-4-1-2-5-11(7,10)8(10)9(13)14/h1-8H/t7-,8-,10-,11-/m1/s1. The molecule has 17 heavy (non-hydrogen) atoms. The molecule has 0 unspecified atom stereocenters. The van der Waals surface area contributed by atoms with Crippen molar-refractivity contribution >= 4 is 25.8 Å². The molecule has 3 aliphatic carbocycles. The van der Waals surface area contributed by atoms with Crippen LogP contribution in [-0.2, 0) is 14.0 Å². The molecule has 2 fully saturated rings. The Bertz CT molecular complexity index is 650. The monoisotopic (exact) mass is 269 g/mol. The number of amides is 1. The van der Waals surface area contributed by atoms with E-state index in [0.29, 0.717) is 0 Å². The van der Waals surface area contributed by atoms with Gasteiger partial charge in [0.1, 0.15) is 0 Å². The Labute approximate surface area is 103 Å². The summed E-state index contributed by atoms with van der Waals surface area (Å²) in [6.07, 6.45) is 11.4. The lowest BCUT2D eigenvalue weighted by atomic mass is 9.89. The van der Waals surface area contributed by atoms with Crippen LogP contribution in [0.3, 0.4) is 0 Å². The molecule has 0 bridgehead atoms. The van der Waals surface area contributed by atoms with E-state index >= 15 is 0 Å². The van der Waals surface area contributed by atoms with Crippen LogP contribution in [0.2, 0.25) is 0 Å². The third-order valence-corrected chi connectivity index (χ3v) is 5.80. The van der Waals surface area contributed by atoms with Crippen LogP contribution >= 0.6 is 10.7 Å². The highest BCUT2D eigenvalue weighted by Gasteiger charge is 2.87. The Morgan fingerprint density at radius 2 is 1.94 bits per heavy atom. The van der Waals surface area contributed by atoms with Crippen LogP contribution in [-0.4, -0.2) is 24.7 Å². The Balaban J connectivity index is 1.95. The minimum atomic E-state index is -4.00. The number of rotatable bonds is 1. The quantitative estimate of drug-likeness (QED) is 0.527. The van der Waals surface area contributed by atoms with Gasteiger partial charge in [-0.15, -0.1) is 0 Å². The number of hydrogen-bond donors (Lipinski definition) is 0. The summed E-state index contributed by atoms with van der Waals surface area (Å²) in [4.78, 5) is 12.2. The van der Waals surface area contributed by atoms with Gasteiger partial charge >= 0.3 is 9.24 Å². The number of carbonyl (C=O) groups is 1. The summed E-state index contributed by atoms with van der Waals surface area (Å²) >= 11 is 0. The summed E-state index contributed by atoms with van der Waals surface area (Å²) in [6.45, 7) is 0. The van der Waals surface area contributed by atoms with Crippen molar-refractivity contribution in [3.05, 3.63) is 36.5 Å². The molecule has 0 aromatic heterocycles. The summed E-state index contributed by atoms with van der Waals surface area (Å²) < 4.78 is 23.7. The fourth-order valence-electron chi connectivity index (χ4n) is 3.90. The van der Waals surface area contributed by atoms with E-state index in [-0.39, 0.29) is 17.2 Å². The maximum Gasteiger partial charge on any atom is 0.324 e. The zero-order valence-corrected chi connectivity index (χ0v) is 10.1. The van der Waals surface area contributed by atoms with Crippen LogP contribution in [0.25, 0.3) is 0 Å². The maximum absolute atomic E-state index is 12.2. The summed E-state index contributed by atoms with van der Waals surface area (Å²) in [5.74, 6) is -0.681. The van der Waals surface area contributed by atoms with Crippen molar-refractivity contribution in [2.24, 2.45) is 16.7 Å². The largest absolute Gasteiger partial charge is 0.324 e. The van der Waals surface area contributed by atoms with Crippen molar-refractivity contribution in [2.75, 3.05) is 0 Å². The molecule has 88 valence electrons. The minimum Gasteiger partial charge on any atom is -0.273 e. The molecule has 0 radical (unpaired) electrons. The number of carbonyl (C=O) groups excluding carboxylic acids is 1. The summed E-state index contributed by atoms with van der Waals surface area (Å²) in [5, 5.41) is 0. The topological polar surface area (TPSA) is 54.5 Å². The first-order valence-corrected chi connectivity index (χ1v) is 7.56.